The highest BCUT2D eigenvalue weighted by Crippen LogP contribution is 2.24. The third-order valence-electron chi connectivity index (χ3n) is 2.46. The number of nitro groups is 1. The highest BCUT2D eigenvalue weighted by atomic mass is 35.5. The van der Waals surface area contributed by atoms with Crippen LogP contribution in [0.1, 0.15) is 28.9 Å². The van der Waals surface area contributed by atoms with Crippen molar-refractivity contribution in [3.8, 4) is 0 Å². The molecule has 0 saturated heterocycles. The van der Waals surface area contributed by atoms with Crippen molar-refractivity contribution < 1.29 is 9.72 Å². The van der Waals surface area contributed by atoms with E-state index in [1.165, 1.54) is 12.1 Å². The maximum absolute atomic E-state index is 11.9. The Morgan fingerprint density at radius 3 is 2.72 bits per heavy atom. The zero-order valence-electron chi connectivity index (χ0n) is 10.1. The van der Waals surface area contributed by atoms with Crippen molar-refractivity contribution in [2.45, 2.75) is 19.3 Å². The van der Waals surface area contributed by atoms with Crippen LogP contribution in [-0.4, -0.2) is 35.2 Å². The zero-order chi connectivity index (χ0) is 13.5. The highest BCUT2D eigenvalue weighted by Gasteiger charge is 2.17. The second-order valence-corrected chi connectivity index (χ2v) is 5.31. The van der Waals surface area contributed by atoms with Gasteiger partial charge in [0.25, 0.3) is 5.91 Å². The van der Waals surface area contributed by atoms with Gasteiger partial charge in [0, 0.05) is 25.5 Å². The van der Waals surface area contributed by atoms with E-state index >= 15 is 0 Å². The van der Waals surface area contributed by atoms with E-state index in [0.717, 1.165) is 30.6 Å². The molecule has 0 fully saturated rings. The Morgan fingerprint density at radius 2 is 2.17 bits per heavy atom. The number of carbonyl (C=O) groups is 1. The van der Waals surface area contributed by atoms with Crippen LogP contribution >= 0.6 is 22.9 Å². The van der Waals surface area contributed by atoms with Gasteiger partial charge in [-0.05, 0) is 18.9 Å². The molecule has 0 unspecified atom stereocenters. The largest absolute Gasteiger partial charge is 0.341 e. The Kier molecular flexibility index (Phi) is 6.07. The quantitative estimate of drug-likeness (QED) is 0.335. The van der Waals surface area contributed by atoms with Crippen molar-refractivity contribution in [3.63, 3.8) is 0 Å². The minimum absolute atomic E-state index is 0.00566. The van der Waals surface area contributed by atoms with Crippen LogP contribution in [-0.2, 0) is 0 Å². The average Bonchev–Trinajstić information content (AvgIpc) is 2.83. The fourth-order valence-electron chi connectivity index (χ4n) is 1.45. The topological polar surface area (TPSA) is 63.5 Å². The molecular formula is C11H15ClN2O3S. The molecule has 0 radical (unpaired) electrons. The van der Waals surface area contributed by atoms with Crippen molar-refractivity contribution >= 4 is 33.8 Å². The van der Waals surface area contributed by atoms with Gasteiger partial charge in [-0.3, -0.25) is 14.9 Å². The van der Waals surface area contributed by atoms with Gasteiger partial charge in [-0.2, -0.15) is 0 Å². The summed E-state index contributed by atoms with van der Waals surface area (Å²) in [6.45, 7) is 0.640. The van der Waals surface area contributed by atoms with E-state index in [2.05, 4.69) is 0 Å². The fourth-order valence-corrected chi connectivity index (χ4v) is 2.45. The van der Waals surface area contributed by atoms with Gasteiger partial charge >= 0.3 is 5.00 Å². The lowest BCUT2D eigenvalue weighted by molar-refractivity contribution is -0.380. The second kappa shape index (κ2) is 7.33. The standard InChI is InChI=1S/C11H15ClN2O3S/c1-13(8-4-2-3-7-12)11(15)9-5-6-10(18-9)14(16)17/h5-6H,2-4,7-8H2,1H3. The minimum atomic E-state index is -0.484. The SMILES string of the molecule is CN(CCCCCCl)C(=O)c1ccc([N+](=O)[O-])s1. The van der Waals surface area contributed by atoms with E-state index in [1.54, 1.807) is 11.9 Å². The van der Waals surface area contributed by atoms with Gasteiger partial charge in [-0.1, -0.05) is 17.8 Å². The molecule has 7 heteroatoms. The van der Waals surface area contributed by atoms with Gasteiger partial charge in [0.1, 0.15) is 0 Å². The molecule has 1 heterocycles. The molecule has 1 amide bonds. The molecule has 0 aromatic carbocycles. The highest BCUT2D eigenvalue weighted by molar-refractivity contribution is 7.17. The molecular weight excluding hydrogens is 276 g/mol. The second-order valence-electron chi connectivity index (χ2n) is 3.87. The molecule has 0 aliphatic rings. The Labute approximate surface area is 115 Å². The van der Waals surface area contributed by atoms with E-state index < -0.39 is 4.92 Å². The third kappa shape index (κ3) is 4.27. The van der Waals surface area contributed by atoms with Crippen molar-refractivity contribution in [1.82, 2.24) is 4.90 Å². The molecule has 0 spiro atoms. The number of thiophene rings is 1. The third-order valence-corrected chi connectivity index (χ3v) is 3.75. The van der Waals surface area contributed by atoms with Crippen LogP contribution in [0.3, 0.4) is 0 Å². The van der Waals surface area contributed by atoms with Gasteiger partial charge in [0.15, 0.2) is 0 Å². The first kappa shape index (κ1) is 14.9. The van der Waals surface area contributed by atoms with E-state index in [-0.39, 0.29) is 10.9 Å². The normalized spacial score (nSPS) is 10.3. The van der Waals surface area contributed by atoms with Gasteiger partial charge < -0.3 is 4.90 Å². The molecule has 0 atom stereocenters. The fraction of sp³-hybridized carbons (Fsp3) is 0.545. The van der Waals surface area contributed by atoms with Crippen LogP contribution in [0.2, 0.25) is 0 Å². The number of amides is 1. The number of unbranched alkanes of at least 4 members (excludes halogenated alkanes) is 2. The van der Waals surface area contributed by atoms with E-state index in [0.29, 0.717) is 17.3 Å². The van der Waals surface area contributed by atoms with Crippen LogP contribution in [0.15, 0.2) is 12.1 Å². The summed E-state index contributed by atoms with van der Waals surface area (Å²) in [6.07, 6.45) is 2.81. The van der Waals surface area contributed by atoms with Crippen molar-refractivity contribution in [2.75, 3.05) is 19.5 Å². The van der Waals surface area contributed by atoms with Gasteiger partial charge in [-0.25, -0.2) is 0 Å². The van der Waals surface area contributed by atoms with Crippen molar-refractivity contribution in [3.05, 3.63) is 27.1 Å². The van der Waals surface area contributed by atoms with E-state index in [9.17, 15) is 14.9 Å². The summed E-state index contributed by atoms with van der Waals surface area (Å²) in [7, 11) is 1.70. The predicted molar refractivity (Wildman–Crippen MR) is 72.5 cm³/mol. The van der Waals surface area contributed by atoms with Gasteiger partial charge in [0.05, 0.1) is 9.80 Å². The predicted octanol–water partition coefficient (Wildman–Crippen LogP) is 3.14. The summed E-state index contributed by atoms with van der Waals surface area (Å²) in [5.41, 5.74) is 0. The summed E-state index contributed by atoms with van der Waals surface area (Å²) >= 11 is 6.47. The number of carbonyl (C=O) groups excluding carboxylic acids is 1. The average molecular weight is 291 g/mol. The Bertz CT molecular complexity index is 422. The molecule has 0 aliphatic carbocycles. The molecule has 18 heavy (non-hydrogen) atoms. The Hall–Kier alpha value is -1.14. The Balaban J connectivity index is 2.49. The van der Waals surface area contributed by atoms with Crippen molar-refractivity contribution in [1.29, 1.82) is 0 Å². The molecule has 1 aromatic heterocycles. The zero-order valence-corrected chi connectivity index (χ0v) is 11.7. The number of rotatable bonds is 7. The molecule has 0 saturated carbocycles. The maximum atomic E-state index is 11.9. The minimum Gasteiger partial charge on any atom is -0.341 e. The van der Waals surface area contributed by atoms with Gasteiger partial charge in [0.2, 0.25) is 0 Å². The number of hydrogen-bond acceptors (Lipinski definition) is 4. The monoisotopic (exact) mass is 290 g/mol. The molecule has 5 nitrogen and oxygen atoms in total. The smallest absolute Gasteiger partial charge is 0.324 e. The lowest BCUT2D eigenvalue weighted by atomic mass is 10.2. The van der Waals surface area contributed by atoms with Crippen LogP contribution in [0.5, 0.6) is 0 Å². The summed E-state index contributed by atoms with van der Waals surface area (Å²) in [4.78, 5) is 24.0. The van der Waals surface area contributed by atoms with E-state index in [1.807, 2.05) is 0 Å². The van der Waals surface area contributed by atoms with Gasteiger partial charge in [-0.15, -0.1) is 11.6 Å². The number of alkyl halides is 1. The molecule has 1 rings (SSSR count). The molecule has 1 aromatic rings. The first-order chi connectivity index (χ1) is 8.56. The first-order valence-electron chi connectivity index (χ1n) is 5.62. The summed E-state index contributed by atoms with van der Waals surface area (Å²) in [5.74, 6) is 0.466. The lowest BCUT2D eigenvalue weighted by Crippen LogP contribution is -2.26. The van der Waals surface area contributed by atoms with Crippen LogP contribution in [0.25, 0.3) is 0 Å². The number of nitrogens with zero attached hydrogens (tertiary/aromatic N) is 2. The van der Waals surface area contributed by atoms with Crippen LogP contribution in [0, 0.1) is 10.1 Å². The van der Waals surface area contributed by atoms with Crippen LogP contribution < -0.4 is 0 Å². The first-order valence-corrected chi connectivity index (χ1v) is 6.97. The molecule has 0 bridgehead atoms. The van der Waals surface area contributed by atoms with Crippen LogP contribution in [0.4, 0.5) is 5.00 Å². The Morgan fingerprint density at radius 1 is 1.44 bits per heavy atom. The molecule has 0 N–H and O–H groups in total. The molecule has 0 aliphatic heterocycles. The summed E-state index contributed by atoms with van der Waals surface area (Å²) in [6, 6.07) is 2.86. The number of hydrogen-bond donors (Lipinski definition) is 0. The summed E-state index contributed by atoms with van der Waals surface area (Å²) in [5, 5.41) is 10.5. The van der Waals surface area contributed by atoms with E-state index in [4.69, 9.17) is 11.6 Å². The summed E-state index contributed by atoms with van der Waals surface area (Å²) < 4.78 is 0. The maximum Gasteiger partial charge on any atom is 0.324 e. The van der Waals surface area contributed by atoms with Crippen molar-refractivity contribution in [2.24, 2.45) is 0 Å². The lowest BCUT2D eigenvalue weighted by Gasteiger charge is -2.15. The molecule has 100 valence electrons. The number of halogens is 1.